The molecule has 1 amide bonds. The van der Waals surface area contributed by atoms with E-state index in [4.69, 9.17) is 14.2 Å². The minimum absolute atomic E-state index is 0.0661. The number of ketones is 1. The first-order valence-electron chi connectivity index (χ1n) is 10.6. The third kappa shape index (κ3) is 4.58. The first-order valence-corrected chi connectivity index (χ1v) is 10.6. The van der Waals surface area contributed by atoms with E-state index < -0.39 is 5.60 Å². The third-order valence-corrected chi connectivity index (χ3v) is 5.83. The second kappa shape index (κ2) is 8.84. The zero-order valence-corrected chi connectivity index (χ0v) is 17.8. The third-order valence-electron chi connectivity index (χ3n) is 5.83. The highest BCUT2D eigenvalue weighted by Crippen LogP contribution is 2.39. The summed E-state index contributed by atoms with van der Waals surface area (Å²) in [5.41, 5.74) is 1.18. The fraction of sp³-hybridized carbons (Fsp3) is 0.360. The molecule has 1 saturated heterocycles. The van der Waals surface area contributed by atoms with Crippen LogP contribution in [0.2, 0.25) is 0 Å². The van der Waals surface area contributed by atoms with Crippen molar-refractivity contribution in [2.45, 2.75) is 31.8 Å². The Morgan fingerprint density at radius 3 is 2.58 bits per heavy atom. The van der Waals surface area contributed by atoms with Gasteiger partial charge in [0.05, 0.1) is 12.0 Å². The lowest BCUT2D eigenvalue weighted by Crippen LogP contribution is -2.53. The zero-order valence-electron chi connectivity index (χ0n) is 17.8. The number of rotatable bonds is 6. The largest absolute Gasteiger partial charge is 0.486 e. The lowest BCUT2D eigenvalue weighted by molar-refractivity contribution is -0.136. The molecule has 162 valence electrons. The maximum atomic E-state index is 12.7. The van der Waals surface area contributed by atoms with E-state index in [2.05, 4.69) is 6.58 Å². The van der Waals surface area contributed by atoms with Crippen molar-refractivity contribution in [3.63, 3.8) is 0 Å². The molecular formula is C25H27NO5. The SMILES string of the molecule is C=CCOc1ccccc1OCC(=O)N1CCC2(CC1)CC(=O)c1cc(C)ccc1O2. The topological polar surface area (TPSA) is 65.1 Å². The van der Waals surface area contributed by atoms with Crippen LogP contribution in [0.15, 0.2) is 55.1 Å². The molecule has 0 radical (unpaired) electrons. The molecule has 2 heterocycles. The Morgan fingerprint density at radius 2 is 1.87 bits per heavy atom. The first kappa shape index (κ1) is 21.0. The highest BCUT2D eigenvalue weighted by molar-refractivity contribution is 6.00. The van der Waals surface area contributed by atoms with Crippen molar-refractivity contribution in [1.29, 1.82) is 0 Å². The summed E-state index contributed by atoms with van der Waals surface area (Å²) < 4.78 is 17.6. The monoisotopic (exact) mass is 421 g/mol. The molecule has 2 aromatic rings. The standard InChI is InChI=1S/C25H27NO5/c1-3-14-29-22-6-4-5-7-23(22)30-17-24(28)26-12-10-25(11-13-26)16-20(27)19-15-18(2)8-9-21(19)31-25/h3-9,15H,1,10-14,16-17H2,2H3. The van der Waals surface area contributed by atoms with Gasteiger partial charge in [-0.05, 0) is 31.2 Å². The van der Waals surface area contributed by atoms with E-state index in [0.29, 0.717) is 61.8 Å². The number of amides is 1. The van der Waals surface area contributed by atoms with E-state index in [1.165, 1.54) is 0 Å². The van der Waals surface area contributed by atoms with Crippen LogP contribution in [0.4, 0.5) is 0 Å². The maximum absolute atomic E-state index is 12.7. The Kier molecular flexibility index (Phi) is 5.98. The van der Waals surface area contributed by atoms with E-state index in [-0.39, 0.29) is 18.3 Å². The van der Waals surface area contributed by atoms with Crippen molar-refractivity contribution in [1.82, 2.24) is 4.90 Å². The maximum Gasteiger partial charge on any atom is 0.260 e. The van der Waals surface area contributed by atoms with Gasteiger partial charge < -0.3 is 19.1 Å². The number of hydrogen-bond acceptors (Lipinski definition) is 5. The minimum atomic E-state index is -0.526. The van der Waals surface area contributed by atoms with E-state index in [1.807, 2.05) is 37.3 Å². The summed E-state index contributed by atoms with van der Waals surface area (Å²) in [6, 6.07) is 13.0. The number of aryl methyl sites for hydroxylation is 1. The Bertz CT molecular complexity index is 991. The fourth-order valence-corrected chi connectivity index (χ4v) is 4.12. The predicted octanol–water partition coefficient (Wildman–Crippen LogP) is 3.97. The number of para-hydroxylation sites is 2. The predicted molar refractivity (Wildman–Crippen MR) is 117 cm³/mol. The number of ether oxygens (including phenoxy) is 3. The summed E-state index contributed by atoms with van der Waals surface area (Å²) in [7, 11) is 0. The van der Waals surface area contributed by atoms with Gasteiger partial charge in [-0.25, -0.2) is 0 Å². The number of nitrogens with zero attached hydrogens (tertiary/aromatic N) is 1. The van der Waals surface area contributed by atoms with Crippen LogP contribution < -0.4 is 14.2 Å². The summed E-state index contributed by atoms with van der Waals surface area (Å²) in [6.07, 6.45) is 3.26. The smallest absolute Gasteiger partial charge is 0.260 e. The van der Waals surface area contributed by atoms with Crippen molar-refractivity contribution in [3.8, 4) is 17.2 Å². The second-order valence-electron chi connectivity index (χ2n) is 8.10. The Morgan fingerprint density at radius 1 is 1.16 bits per heavy atom. The first-order chi connectivity index (χ1) is 15.0. The molecule has 0 unspecified atom stereocenters. The Labute approximate surface area is 182 Å². The van der Waals surface area contributed by atoms with Crippen LogP contribution in [-0.2, 0) is 4.79 Å². The number of benzene rings is 2. The molecule has 4 rings (SSSR count). The summed E-state index contributed by atoms with van der Waals surface area (Å²) in [5, 5.41) is 0. The molecule has 0 atom stereocenters. The van der Waals surface area contributed by atoms with Crippen molar-refractivity contribution in [2.24, 2.45) is 0 Å². The molecule has 0 saturated carbocycles. The average molecular weight is 421 g/mol. The molecule has 6 nitrogen and oxygen atoms in total. The molecule has 31 heavy (non-hydrogen) atoms. The van der Waals surface area contributed by atoms with Crippen LogP contribution in [0.3, 0.4) is 0 Å². The van der Waals surface area contributed by atoms with E-state index in [0.717, 1.165) is 5.56 Å². The molecular weight excluding hydrogens is 394 g/mol. The number of piperidine rings is 1. The quantitative estimate of drug-likeness (QED) is 0.661. The summed E-state index contributed by atoms with van der Waals surface area (Å²) >= 11 is 0. The normalized spacial score (nSPS) is 16.9. The number of hydrogen-bond donors (Lipinski definition) is 0. The van der Waals surface area contributed by atoms with Crippen LogP contribution in [0, 0.1) is 6.92 Å². The van der Waals surface area contributed by atoms with Gasteiger partial charge in [0, 0.05) is 25.9 Å². The van der Waals surface area contributed by atoms with Crippen molar-refractivity contribution in [3.05, 3.63) is 66.2 Å². The van der Waals surface area contributed by atoms with Gasteiger partial charge in [-0.15, -0.1) is 0 Å². The summed E-state index contributed by atoms with van der Waals surface area (Å²) in [4.78, 5) is 27.2. The van der Waals surface area contributed by atoms with Gasteiger partial charge in [-0.2, -0.15) is 0 Å². The van der Waals surface area contributed by atoms with Gasteiger partial charge >= 0.3 is 0 Å². The average Bonchev–Trinajstić information content (AvgIpc) is 2.78. The van der Waals surface area contributed by atoms with Crippen LogP contribution in [0.25, 0.3) is 0 Å². The fourth-order valence-electron chi connectivity index (χ4n) is 4.12. The van der Waals surface area contributed by atoms with Gasteiger partial charge in [0.25, 0.3) is 5.91 Å². The number of Topliss-reactive ketones (excluding diaryl/α,β-unsaturated/α-hetero) is 1. The van der Waals surface area contributed by atoms with Gasteiger partial charge in [0.15, 0.2) is 23.9 Å². The van der Waals surface area contributed by atoms with Crippen molar-refractivity contribution >= 4 is 11.7 Å². The molecule has 6 heteroatoms. The summed E-state index contributed by atoms with van der Waals surface area (Å²) in [5.74, 6) is 1.78. The molecule has 0 N–H and O–H groups in total. The number of likely N-dealkylation sites (tertiary alicyclic amines) is 1. The number of fused-ring (bicyclic) bond motifs is 1. The molecule has 0 aliphatic carbocycles. The molecule has 1 spiro atoms. The van der Waals surface area contributed by atoms with Crippen molar-refractivity contribution < 1.29 is 23.8 Å². The minimum Gasteiger partial charge on any atom is -0.486 e. The molecule has 0 aromatic heterocycles. The molecule has 0 bridgehead atoms. The molecule has 2 aliphatic rings. The Balaban J connectivity index is 1.34. The number of carbonyl (C=O) groups is 2. The van der Waals surface area contributed by atoms with E-state index >= 15 is 0 Å². The van der Waals surface area contributed by atoms with Gasteiger partial charge in [-0.3, -0.25) is 9.59 Å². The van der Waals surface area contributed by atoms with Crippen LogP contribution >= 0.6 is 0 Å². The van der Waals surface area contributed by atoms with Crippen LogP contribution in [-0.4, -0.2) is 48.5 Å². The molecule has 2 aliphatic heterocycles. The van der Waals surface area contributed by atoms with E-state index in [9.17, 15) is 9.59 Å². The molecule has 1 fully saturated rings. The molecule has 2 aromatic carbocycles. The summed E-state index contributed by atoms with van der Waals surface area (Å²) in [6.45, 7) is 6.97. The highest BCUT2D eigenvalue weighted by atomic mass is 16.5. The van der Waals surface area contributed by atoms with E-state index in [1.54, 1.807) is 23.1 Å². The van der Waals surface area contributed by atoms with Crippen LogP contribution in [0.1, 0.15) is 35.2 Å². The van der Waals surface area contributed by atoms with Crippen molar-refractivity contribution in [2.75, 3.05) is 26.3 Å². The Hall–Kier alpha value is -3.28. The zero-order chi connectivity index (χ0) is 21.8. The van der Waals surface area contributed by atoms with Gasteiger partial charge in [0.2, 0.25) is 0 Å². The highest BCUT2D eigenvalue weighted by Gasteiger charge is 2.43. The van der Waals surface area contributed by atoms with Crippen LogP contribution in [0.5, 0.6) is 17.2 Å². The lowest BCUT2D eigenvalue weighted by atomic mass is 9.82. The van der Waals surface area contributed by atoms with Gasteiger partial charge in [0.1, 0.15) is 18.0 Å². The lowest BCUT2D eigenvalue weighted by Gasteiger charge is -2.44. The second-order valence-corrected chi connectivity index (χ2v) is 8.10. The number of carbonyl (C=O) groups excluding carboxylic acids is 2. The van der Waals surface area contributed by atoms with Gasteiger partial charge in [-0.1, -0.05) is 36.4 Å².